The Morgan fingerprint density at radius 2 is 1.95 bits per heavy atom. The monoisotopic (exact) mass is 260 g/mol. The van der Waals surface area contributed by atoms with E-state index < -0.39 is 0 Å². The Morgan fingerprint density at radius 3 is 2.79 bits per heavy atom. The van der Waals surface area contributed by atoms with Gasteiger partial charge in [0.15, 0.2) is 0 Å². The topological polar surface area (TPSA) is 26.7 Å². The summed E-state index contributed by atoms with van der Waals surface area (Å²) >= 11 is 0. The second-order valence-corrected chi connectivity index (χ2v) is 5.87. The van der Waals surface area contributed by atoms with Gasteiger partial charge in [-0.25, -0.2) is 0 Å². The maximum absolute atomic E-state index is 9.96. The molecule has 0 amide bonds. The zero-order valence-electron chi connectivity index (χ0n) is 11.8. The molecule has 2 saturated heterocycles. The average Bonchev–Trinajstić information content (AvgIpc) is 2.76. The van der Waals surface area contributed by atoms with Gasteiger partial charge in [0, 0.05) is 36.9 Å². The number of benzene rings is 1. The van der Waals surface area contributed by atoms with Crippen LogP contribution in [0.25, 0.3) is 0 Å². The Hall–Kier alpha value is -1.06. The molecule has 2 atom stereocenters. The van der Waals surface area contributed by atoms with Gasteiger partial charge in [-0.3, -0.25) is 4.90 Å². The average molecular weight is 260 g/mol. The van der Waals surface area contributed by atoms with Gasteiger partial charge in [0.1, 0.15) is 0 Å². The molecular weight excluding hydrogens is 236 g/mol. The summed E-state index contributed by atoms with van der Waals surface area (Å²) in [5.41, 5.74) is 2.29. The van der Waals surface area contributed by atoms with Gasteiger partial charge in [-0.05, 0) is 38.8 Å². The zero-order valence-corrected chi connectivity index (χ0v) is 11.8. The van der Waals surface area contributed by atoms with Gasteiger partial charge in [0.05, 0.1) is 6.10 Å². The van der Waals surface area contributed by atoms with Crippen LogP contribution >= 0.6 is 0 Å². The number of hydrogen-bond donors (Lipinski definition) is 1. The molecule has 0 bridgehead atoms. The largest absolute Gasteiger partial charge is 0.389 e. The summed E-state index contributed by atoms with van der Waals surface area (Å²) in [6.45, 7) is 6.59. The molecule has 0 saturated carbocycles. The van der Waals surface area contributed by atoms with Crippen molar-refractivity contribution in [2.24, 2.45) is 0 Å². The second-order valence-electron chi connectivity index (χ2n) is 5.87. The first-order chi connectivity index (χ1) is 9.25. The van der Waals surface area contributed by atoms with Crippen LogP contribution in [-0.4, -0.2) is 42.2 Å². The van der Waals surface area contributed by atoms with Crippen LogP contribution < -0.4 is 4.90 Å². The van der Waals surface area contributed by atoms with Crippen LogP contribution in [0.5, 0.6) is 0 Å². The fourth-order valence-corrected chi connectivity index (χ4v) is 3.55. The third-order valence-corrected chi connectivity index (χ3v) is 4.53. The van der Waals surface area contributed by atoms with Gasteiger partial charge in [0.2, 0.25) is 0 Å². The lowest BCUT2D eigenvalue weighted by atomic mass is 10.1. The highest BCUT2D eigenvalue weighted by Crippen LogP contribution is 2.30. The highest BCUT2D eigenvalue weighted by atomic mass is 16.3. The van der Waals surface area contributed by atoms with Crippen molar-refractivity contribution in [2.45, 2.75) is 38.3 Å². The minimum atomic E-state index is -0.390. The molecule has 3 heteroatoms. The van der Waals surface area contributed by atoms with E-state index in [1.165, 1.54) is 38.0 Å². The number of para-hydroxylation sites is 1. The first kappa shape index (κ1) is 12.9. The van der Waals surface area contributed by atoms with Crippen LogP contribution in [-0.2, 0) is 0 Å². The molecule has 1 aromatic rings. The molecule has 0 aromatic heterocycles. The van der Waals surface area contributed by atoms with E-state index in [0.717, 1.165) is 18.7 Å². The highest BCUT2D eigenvalue weighted by Gasteiger charge is 2.29. The van der Waals surface area contributed by atoms with Gasteiger partial charge in [-0.1, -0.05) is 18.2 Å². The summed E-state index contributed by atoms with van der Waals surface area (Å²) in [4.78, 5) is 5.13. The van der Waals surface area contributed by atoms with Gasteiger partial charge < -0.3 is 10.0 Å². The van der Waals surface area contributed by atoms with E-state index >= 15 is 0 Å². The zero-order chi connectivity index (χ0) is 13.2. The van der Waals surface area contributed by atoms with Gasteiger partial charge >= 0.3 is 0 Å². The maximum Gasteiger partial charge on any atom is 0.0781 e. The van der Waals surface area contributed by atoms with Gasteiger partial charge in [-0.15, -0.1) is 0 Å². The molecule has 104 valence electrons. The molecule has 3 rings (SSSR count). The van der Waals surface area contributed by atoms with Gasteiger partial charge in [-0.2, -0.15) is 0 Å². The number of anilines is 1. The number of aliphatic hydroxyl groups is 1. The fourth-order valence-electron chi connectivity index (χ4n) is 3.55. The summed E-state index contributed by atoms with van der Waals surface area (Å²) in [5, 5.41) is 9.96. The standard InChI is InChI=1S/C16H24N2O/c1-13(19)15-7-2-3-8-16(15)18-11-5-10-17-9-4-6-14(17)12-18/h2-3,7-8,13-14,19H,4-6,9-12H2,1H3. The van der Waals surface area contributed by atoms with Crippen LogP contribution in [0, 0.1) is 0 Å². The molecule has 2 fully saturated rings. The molecule has 2 aliphatic heterocycles. The predicted molar refractivity (Wildman–Crippen MR) is 78.5 cm³/mol. The van der Waals surface area contributed by atoms with Crippen LogP contribution in [0.3, 0.4) is 0 Å². The number of hydrogen-bond acceptors (Lipinski definition) is 3. The smallest absolute Gasteiger partial charge is 0.0781 e. The van der Waals surface area contributed by atoms with E-state index in [0.29, 0.717) is 6.04 Å². The Morgan fingerprint density at radius 1 is 1.16 bits per heavy atom. The van der Waals surface area contributed by atoms with Crippen LogP contribution in [0.4, 0.5) is 5.69 Å². The highest BCUT2D eigenvalue weighted by molar-refractivity contribution is 5.54. The second kappa shape index (κ2) is 5.51. The first-order valence-electron chi connectivity index (χ1n) is 7.51. The molecule has 3 nitrogen and oxygen atoms in total. The Kier molecular flexibility index (Phi) is 3.76. The lowest BCUT2D eigenvalue weighted by molar-refractivity contribution is 0.199. The predicted octanol–water partition coefficient (Wildman–Crippen LogP) is 2.41. The minimum absolute atomic E-state index is 0.390. The maximum atomic E-state index is 9.96. The third-order valence-electron chi connectivity index (χ3n) is 4.53. The number of nitrogens with zero attached hydrogens (tertiary/aromatic N) is 2. The van der Waals surface area contributed by atoms with E-state index in [9.17, 15) is 5.11 Å². The SMILES string of the molecule is CC(O)c1ccccc1N1CCCN2CCCC2C1. The number of rotatable bonds is 2. The summed E-state index contributed by atoms with van der Waals surface area (Å²) in [5.74, 6) is 0. The molecule has 2 heterocycles. The molecule has 0 radical (unpaired) electrons. The molecule has 1 N–H and O–H groups in total. The molecule has 0 aliphatic carbocycles. The van der Waals surface area contributed by atoms with Crippen molar-refractivity contribution in [1.29, 1.82) is 0 Å². The number of fused-ring (bicyclic) bond motifs is 1. The van der Waals surface area contributed by atoms with Crippen LogP contribution in [0.1, 0.15) is 37.9 Å². The Balaban J connectivity index is 1.85. The summed E-state index contributed by atoms with van der Waals surface area (Å²) in [6, 6.07) is 9.03. The molecule has 0 spiro atoms. The number of aliphatic hydroxyl groups excluding tert-OH is 1. The van der Waals surface area contributed by atoms with Crippen molar-refractivity contribution in [3.63, 3.8) is 0 Å². The van der Waals surface area contributed by atoms with Crippen molar-refractivity contribution in [2.75, 3.05) is 31.1 Å². The van der Waals surface area contributed by atoms with Crippen molar-refractivity contribution in [3.05, 3.63) is 29.8 Å². The summed E-state index contributed by atoms with van der Waals surface area (Å²) in [6.07, 6.45) is 3.51. The molecule has 1 aromatic carbocycles. The van der Waals surface area contributed by atoms with E-state index in [2.05, 4.69) is 28.0 Å². The van der Waals surface area contributed by atoms with E-state index in [1.807, 2.05) is 13.0 Å². The van der Waals surface area contributed by atoms with E-state index in [4.69, 9.17) is 0 Å². The quantitative estimate of drug-likeness (QED) is 0.884. The van der Waals surface area contributed by atoms with Crippen molar-refractivity contribution < 1.29 is 5.11 Å². The fraction of sp³-hybridized carbons (Fsp3) is 0.625. The lowest BCUT2D eigenvalue weighted by Gasteiger charge is -2.29. The minimum Gasteiger partial charge on any atom is -0.389 e. The molecule has 2 aliphatic rings. The molecule has 19 heavy (non-hydrogen) atoms. The Bertz CT molecular complexity index is 433. The third kappa shape index (κ3) is 2.63. The van der Waals surface area contributed by atoms with Gasteiger partial charge in [0.25, 0.3) is 0 Å². The van der Waals surface area contributed by atoms with Crippen LogP contribution in [0.2, 0.25) is 0 Å². The lowest BCUT2D eigenvalue weighted by Crippen LogP contribution is -2.37. The summed E-state index contributed by atoms with van der Waals surface area (Å²) in [7, 11) is 0. The van der Waals surface area contributed by atoms with Crippen molar-refractivity contribution in [1.82, 2.24) is 4.90 Å². The normalized spacial score (nSPS) is 26.0. The summed E-state index contributed by atoms with van der Waals surface area (Å²) < 4.78 is 0. The van der Waals surface area contributed by atoms with E-state index in [-0.39, 0.29) is 6.10 Å². The first-order valence-corrected chi connectivity index (χ1v) is 7.51. The Labute approximate surface area is 115 Å². The van der Waals surface area contributed by atoms with Crippen LogP contribution in [0.15, 0.2) is 24.3 Å². The van der Waals surface area contributed by atoms with Crippen molar-refractivity contribution >= 4 is 5.69 Å². The van der Waals surface area contributed by atoms with Crippen molar-refractivity contribution in [3.8, 4) is 0 Å². The molecule has 2 unspecified atom stereocenters. The molecular formula is C16H24N2O. The van der Waals surface area contributed by atoms with E-state index in [1.54, 1.807) is 0 Å².